The molecule has 2 aromatic rings. The summed E-state index contributed by atoms with van der Waals surface area (Å²) in [4.78, 5) is 0. The number of aliphatic hydroxyl groups is 1. The molecule has 136 valence electrons. The highest BCUT2D eigenvalue weighted by atomic mass is 16.3. The maximum absolute atomic E-state index is 9.54. The van der Waals surface area contributed by atoms with E-state index < -0.39 is 0 Å². The lowest BCUT2D eigenvalue weighted by Gasteiger charge is -2.18. The van der Waals surface area contributed by atoms with Gasteiger partial charge >= 0.3 is 0 Å². The van der Waals surface area contributed by atoms with Gasteiger partial charge in [0.1, 0.15) is 0 Å². The molecular formula is C23H33NO. The Kier molecular flexibility index (Phi) is 6.89. The van der Waals surface area contributed by atoms with Gasteiger partial charge in [0.15, 0.2) is 0 Å². The van der Waals surface area contributed by atoms with Gasteiger partial charge in [-0.2, -0.15) is 0 Å². The molecule has 1 heterocycles. The Morgan fingerprint density at radius 2 is 1.72 bits per heavy atom. The summed E-state index contributed by atoms with van der Waals surface area (Å²) in [6.45, 7) is 3.50. The summed E-state index contributed by atoms with van der Waals surface area (Å²) in [6, 6.07) is 14.0. The Balaban J connectivity index is 1.61. The van der Waals surface area contributed by atoms with Crippen LogP contribution in [0.3, 0.4) is 0 Å². The van der Waals surface area contributed by atoms with Gasteiger partial charge in [-0.3, -0.25) is 0 Å². The summed E-state index contributed by atoms with van der Waals surface area (Å²) in [5, 5.41) is 15.6. The van der Waals surface area contributed by atoms with Crippen LogP contribution in [-0.4, -0.2) is 24.3 Å². The number of benzene rings is 2. The van der Waals surface area contributed by atoms with Crippen molar-refractivity contribution in [2.75, 3.05) is 13.2 Å². The normalized spacial score (nSPS) is 20.4. The van der Waals surface area contributed by atoms with Crippen LogP contribution in [0, 0.1) is 0 Å². The Labute approximate surface area is 152 Å². The van der Waals surface area contributed by atoms with Crippen molar-refractivity contribution in [2.24, 2.45) is 0 Å². The van der Waals surface area contributed by atoms with Crippen LogP contribution >= 0.6 is 0 Å². The zero-order valence-corrected chi connectivity index (χ0v) is 15.6. The third kappa shape index (κ3) is 4.83. The predicted molar refractivity (Wildman–Crippen MR) is 107 cm³/mol. The van der Waals surface area contributed by atoms with E-state index in [2.05, 4.69) is 48.6 Å². The third-order valence-corrected chi connectivity index (χ3v) is 5.72. The highest BCUT2D eigenvalue weighted by molar-refractivity contribution is 5.84. The van der Waals surface area contributed by atoms with Gasteiger partial charge in [0.25, 0.3) is 0 Å². The molecule has 0 saturated carbocycles. The van der Waals surface area contributed by atoms with E-state index in [-0.39, 0.29) is 12.6 Å². The molecule has 2 N–H and O–H groups in total. The van der Waals surface area contributed by atoms with Crippen molar-refractivity contribution >= 4 is 10.8 Å². The molecule has 0 spiro atoms. The number of nitrogens with one attached hydrogen (secondary N) is 1. The Morgan fingerprint density at radius 3 is 2.56 bits per heavy atom. The average molecular weight is 340 g/mol. The molecule has 0 radical (unpaired) electrons. The summed E-state index contributed by atoms with van der Waals surface area (Å²) in [5.74, 6) is 0.442. The molecule has 1 saturated heterocycles. The standard InChI is InChI=1S/C23H33NO/c1-2-3-4-5-6-7-8-18-9-10-20-16-21(12-11-19(20)15-18)22-13-14-24-23(22)17-25/h9-12,15-16,22-25H,2-8,13-14,17H2,1H3. The molecule has 1 fully saturated rings. The summed E-state index contributed by atoms with van der Waals surface area (Å²) in [7, 11) is 0. The number of rotatable bonds is 9. The molecule has 0 aliphatic carbocycles. The van der Waals surface area contributed by atoms with Gasteiger partial charge in [0.05, 0.1) is 6.61 Å². The largest absolute Gasteiger partial charge is 0.395 e. The fraction of sp³-hybridized carbons (Fsp3) is 0.565. The monoisotopic (exact) mass is 339 g/mol. The van der Waals surface area contributed by atoms with Gasteiger partial charge in [-0.1, -0.05) is 75.4 Å². The van der Waals surface area contributed by atoms with Crippen molar-refractivity contribution in [1.29, 1.82) is 0 Å². The lowest BCUT2D eigenvalue weighted by molar-refractivity contribution is 0.245. The molecule has 0 amide bonds. The van der Waals surface area contributed by atoms with Crippen LogP contribution in [0.1, 0.15) is 68.9 Å². The summed E-state index contributed by atoms with van der Waals surface area (Å²) < 4.78 is 0. The first kappa shape index (κ1) is 18.4. The molecule has 25 heavy (non-hydrogen) atoms. The van der Waals surface area contributed by atoms with Crippen molar-refractivity contribution < 1.29 is 5.11 Å². The van der Waals surface area contributed by atoms with Gasteiger partial charge < -0.3 is 10.4 Å². The number of hydrogen-bond donors (Lipinski definition) is 2. The van der Waals surface area contributed by atoms with Gasteiger partial charge in [0, 0.05) is 12.0 Å². The minimum atomic E-state index is 0.212. The second kappa shape index (κ2) is 9.35. The van der Waals surface area contributed by atoms with Crippen LogP contribution in [0.25, 0.3) is 10.8 Å². The van der Waals surface area contributed by atoms with Crippen LogP contribution in [0.5, 0.6) is 0 Å². The number of hydrogen-bond acceptors (Lipinski definition) is 2. The first-order valence-electron chi connectivity index (χ1n) is 10.2. The first-order chi connectivity index (χ1) is 12.3. The lowest BCUT2D eigenvalue weighted by atomic mass is 9.90. The second-order valence-electron chi connectivity index (χ2n) is 7.60. The third-order valence-electron chi connectivity index (χ3n) is 5.72. The minimum Gasteiger partial charge on any atom is -0.395 e. The van der Waals surface area contributed by atoms with Gasteiger partial charge in [-0.15, -0.1) is 0 Å². The van der Waals surface area contributed by atoms with Crippen LogP contribution in [0.15, 0.2) is 36.4 Å². The molecule has 1 aliphatic rings. The van der Waals surface area contributed by atoms with Crippen LogP contribution in [0.2, 0.25) is 0 Å². The summed E-state index contributed by atoms with van der Waals surface area (Å²) in [5.41, 5.74) is 2.83. The Morgan fingerprint density at radius 1 is 0.960 bits per heavy atom. The van der Waals surface area contributed by atoms with E-state index in [1.54, 1.807) is 0 Å². The highest BCUT2D eigenvalue weighted by Crippen LogP contribution is 2.30. The van der Waals surface area contributed by atoms with E-state index in [0.717, 1.165) is 13.0 Å². The van der Waals surface area contributed by atoms with Gasteiger partial charge in [-0.05, 0) is 47.7 Å². The van der Waals surface area contributed by atoms with Crippen LogP contribution in [-0.2, 0) is 6.42 Å². The first-order valence-corrected chi connectivity index (χ1v) is 10.2. The number of aryl methyl sites for hydroxylation is 1. The molecule has 0 bridgehead atoms. The maximum Gasteiger partial charge on any atom is 0.0590 e. The summed E-state index contributed by atoms with van der Waals surface area (Å²) in [6.07, 6.45) is 10.5. The van der Waals surface area contributed by atoms with E-state index in [1.165, 1.54) is 66.8 Å². The minimum absolute atomic E-state index is 0.212. The van der Waals surface area contributed by atoms with E-state index >= 15 is 0 Å². The molecule has 3 rings (SSSR count). The Hall–Kier alpha value is -1.38. The molecule has 2 atom stereocenters. The molecule has 0 aromatic heterocycles. The number of aliphatic hydroxyl groups excluding tert-OH is 1. The zero-order valence-electron chi connectivity index (χ0n) is 15.6. The molecule has 2 nitrogen and oxygen atoms in total. The number of fused-ring (bicyclic) bond motifs is 1. The van der Waals surface area contributed by atoms with Crippen molar-refractivity contribution in [3.8, 4) is 0 Å². The lowest BCUT2D eigenvalue weighted by Crippen LogP contribution is -2.29. The van der Waals surface area contributed by atoms with Gasteiger partial charge in [0.2, 0.25) is 0 Å². The topological polar surface area (TPSA) is 32.3 Å². The molecule has 2 aromatic carbocycles. The van der Waals surface area contributed by atoms with E-state index in [0.29, 0.717) is 5.92 Å². The quantitative estimate of drug-likeness (QED) is 0.617. The highest BCUT2D eigenvalue weighted by Gasteiger charge is 2.27. The van der Waals surface area contributed by atoms with Crippen molar-refractivity contribution in [3.05, 3.63) is 47.5 Å². The SMILES string of the molecule is CCCCCCCCc1ccc2cc(C3CCNC3CO)ccc2c1. The fourth-order valence-electron chi connectivity index (χ4n) is 4.17. The molecule has 1 aliphatic heterocycles. The van der Waals surface area contributed by atoms with Crippen molar-refractivity contribution in [1.82, 2.24) is 5.32 Å². The summed E-state index contributed by atoms with van der Waals surface area (Å²) >= 11 is 0. The predicted octanol–water partition coefficient (Wildman–Crippen LogP) is 5.18. The molecular weight excluding hydrogens is 306 g/mol. The number of unbranched alkanes of at least 4 members (excludes halogenated alkanes) is 5. The van der Waals surface area contributed by atoms with E-state index in [9.17, 15) is 5.11 Å². The zero-order chi connectivity index (χ0) is 17.5. The smallest absolute Gasteiger partial charge is 0.0590 e. The van der Waals surface area contributed by atoms with E-state index in [1.807, 2.05) is 0 Å². The van der Waals surface area contributed by atoms with E-state index in [4.69, 9.17) is 0 Å². The van der Waals surface area contributed by atoms with Gasteiger partial charge in [-0.25, -0.2) is 0 Å². The maximum atomic E-state index is 9.54. The van der Waals surface area contributed by atoms with Crippen molar-refractivity contribution in [3.63, 3.8) is 0 Å². The molecule has 2 unspecified atom stereocenters. The average Bonchev–Trinajstić information content (AvgIpc) is 3.13. The Bertz CT molecular complexity index is 666. The molecule has 2 heteroatoms. The van der Waals surface area contributed by atoms with Crippen LogP contribution in [0.4, 0.5) is 0 Å². The van der Waals surface area contributed by atoms with Crippen LogP contribution < -0.4 is 5.32 Å². The second-order valence-corrected chi connectivity index (χ2v) is 7.60. The van der Waals surface area contributed by atoms with Crippen molar-refractivity contribution in [2.45, 2.75) is 70.3 Å². The fourth-order valence-corrected chi connectivity index (χ4v) is 4.17.